The number of hydrogen-bond acceptors (Lipinski definition) is 3. The Morgan fingerprint density at radius 1 is 0.250 bits per heavy atom. The molecule has 0 unspecified atom stereocenters. The maximum Gasteiger partial charge on any atom is 0.164 e. The van der Waals surface area contributed by atoms with Crippen molar-refractivity contribution in [2.45, 2.75) is 0 Å². The minimum atomic E-state index is 0.636. The Bertz CT molecular complexity index is 3160. The van der Waals surface area contributed by atoms with E-state index in [1.54, 1.807) is 0 Å². The second-order valence-electron chi connectivity index (χ2n) is 14.1. The van der Waals surface area contributed by atoms with Gasteiger partial charge in [-0.2, -0.15) is 0 Å². The van der Waals surface area contributed by atoms with Crippen LogP contribution in [0.3, 0.4) is 0 Å². The summed E-state index contributed by atoms with van der Waals surface area (Å²) in [4.78, 5) is 15.1. The average molecular weight is 716 g/mol. The molecule has 0 aliphatic rings. The molecule has 11 rings (SSSR count). The van der Waals surface area contributed by atoms with E-state index in [1.165, 1.54) is 27.4 Å². The zero-order valence-corrected chi connectivity index (χ0v) is 30.3. The first-order valence-corrected chi connectivity index (χ1v) is 18.9. The lowest BCUT2D eigenvalue weighted by Crippen LogP contribution is -2.00. The maximum absolute atomic E-state index is 5.06. The van der Waals surface area contributed by atoms with Crippen molar-refractivity contribution in [2.75, 3.05) is 0 Å². The van der Waals surface area contributed by atoms with Crippen molar-refractivity contribution in [3.05, 3.63) is 200 Å². The van der Waals surface area contributed by atoms with Gasteiger partial charge in [0, 0.05) is 49.6 Å². The number of rotatable bonds is 6. The van der Waals surface area contributed by atoms with Gasteiger partial charge in [-0.3, -0.25) is 0 Å². The minimum Gasteiger partial charge on any atom is -0.309 e. The van der Waals surface area contributed by atoms with Crippen LogP contribution >= 0.6 is 0 Å². The highest BCUT2D eigenvalue weighted by atomic mass is 15.0. The third kappa shape index (κ3) is 5.29. The Kier molecular flexibility index (Phi) is 7.42. The SMILES string of the molecule is c1ccc(-c2nc(-c3ccccc3)nc(-c3ccc4c(c3)c3cc(-c5ccc6c(c5)c5ccccc5n6-c5ccccc5)ccc3n4-c3ccccc3)n2)cc1. The summed E-state index contributed by atoms with van der Waals surface area (Å²) >= 11 is 0. The topological polar surface area (TPSA) is 48.5 Å². The van der Waals surface area contributed by atoms with Crippen LogP contribution in [0.5, 0.6) is 0 Å². The molecule has 5 nitrogen and oxygen atoms in total. The van der Waals surface area contributed by atoms with Gasteiger partial charge in [0.05, 0.1) is 22.1 Å². The Morgan fingerprint density at radius 3 is 1.07 bits per heavy atom. The molecule has 0 saturated heterocycles. The lowest BCUT2D eigenvalue weighted by atomic mass is 10.00. The van der Waals surface area contributed by atoms with Crippen molar-refractivity contribution in [2.24, 2.45) is 0 Å². The van der Waals surface area contributed by atoms with Gasteiger partial charge in [-0.1, -0.05) is 127 Å². The predicted molar refractivity (Wildman–Crippen MR) is 230 cm³/mol. The number of aromatic nitrogens is 5. The third-order valence-electron chi connectivity index (χ3n) is 10.8. The van der Waals surface area contributed by atoms with Crippen LogP contribution in [-0.2, 0) is 0 Å². The summed E-state index contributed by atoms with van der Waals surface area (Å²) < 4.78 is 4.72. The molecule has 5 heteroatoms. The first-order valence-electron chi connectivity index (χ1n) is 18.9. The van der Waals surface area contributed by atoms with Gasteiger partial charge in [-0.15, -0.1) is 0 Å². The molecule has 0 amide bonds. The smallest absolute Gasteiger partial charge is 0.164 e. The molecular formula is C51H33N5. The van der Waals surface area contributed by atoms with Crippen molar-refractivity contribution >= 4 is 43.6 Å². The highest BCUT2D eigenvalue weighted by molar-refractivity contribution is 6.13. The molecule has 11 aromatic rings. The fourth-order valence-corrected chi connectivity index (χ4v) is 8.14. The quantitative estimate of drug-likeness (QED) is 0.172. The fourth-order valence-electron chi connectivity index (χ4n) is 8.14. The first kappa shape index (κ1) is 31.9. The standard InChI is InChI=1S/C51H33N5/c1-5-15-34(16-6-1)49-52-50(35-17-7-2-8-18-35)54-51(53-49)38-27-30-48-44(33-38)43-32-37(26-29-47(43)56(48)40-21-11-4-12-22-40)36-25-28-46-42(31-36)41-23-13-14-24-45(41)55(46)39-19-9-3-10-20-39/h1-33H. The summed E-state index contributed by atoms with van der Waals surface area (Å²) in [5.74, 6) is 1.93. The molecule has 0 aliphatic carbocycles. The van der Waals surface area contributed by atoms with E-state index in [0.717, 1.165) is 55.4 Å². The van der Waals surface area contributed by atoms with Gasteiger partial charge >= 0.3 is 0 Å². The second kappa shape index (κ2) is 13.0. The zero-order chi connectivity index (χ0) is 37.0. The molecule has 0 N–H and O–H groups in total. The zero-order valence-electron chi connectivity index (χ0n) is 30.3. The molecule has 0 aliphatic heterocycles. The van der Waals surface area contributed by atoms with Crippen molar-refractivity contribution in [1.29, 1.82) is 0 Å². The van der Waals surface area contributed by atoms with Gasteiger partial charge in [0.1, 0.15) is 0 Å². The lowest BCUT2D eigenvalue weighted by Gasteiger charge is -2.10. The van der Waals surface area contributed by atoms with Crippen LogP contribution in [0, 0.1) is 0 Å². The van der Waals surface area contributed by atoms with Gasteiger partial charge < -0.3 is 9.13 Å². The molecule has 3 aromatic heterocycles. The monoisotopic (exact) mass is 715 g/mol. The summed E-state index contributed by atoms with van der Waals surface area (Å²) in [5, 5.41) is 4.76. The molecule has 262 valence electrons. The molecule has 3 heterocycles. The number of benzene rings is 8. The van der Waals surface area contributed by atoms with Gasteiger partial charge in [0.2, 0.25) is 0 Å². The van der Waals surface area contributed by atoms with Crippen LogP contribution in [0.1, 0.15) is 0 Å². The van der Waals surface area contributed by atoms with Crippen molar-refractivity contribution in [3.63, 3.8) is 0 Å². The lowest BCUT2D eigenvalue weighted by molar-refractivity contribution is 1.07. The highest BCUT2D eigenvalue weighted by Crippen LogP contribution is 2.39. The summed E-state index contributed by atoms with van der Waals surface area (Å²) in [6.07, 6.45) is 0. The Labute approximate surface area is 323 Å². The van der Waals surface area contributed by atoms with Crippen LogP contribution < -0.4 is 0 Å². The van der Waals surface area contributed by atoms with E-state index in [4.69, 9.17) is 15.0 Å². The number of nitrogens with zero attached hydrogens (tertiary/aromatic N) is 5. The molecule has 56 heavy (non-hydrogen) atoms. The molecule has 0 spiro atoms. The van der Waals surface area contributed by atoms with Crippen LogP contribution in [0.4, 0.5) is 0 Å². The van der Waals surface area contributed by atoms with E-state index in [9.17, 15) is 0 Å². The van der Waals surface area contributed by atoms with E-state index in [-0.39, 0.29) is 0 Å². The molecule has 0 radical (unpaired) electrons. The summed E-state index contributed by atoms with van der Waals surface area (Å²) in [5.41, 5.74) is 12.1. The Morgan fingerprint density at radius 2 is 0.589 bits per heavy atom. The highest BCUT2D eigenvalue weighted by Gasteiger charge is 2.18. The van der Waals surface area contributed by atoms with Gasteiger partial charge in [0.25, 0.3) is 0 Å². The van der Waals surface area contributed by atoms with Gasteiger partial charge in [0.15, 0.2) is 17.5 Å². The van der Waals surface area contributed by atoms with Gasteiger partial charge in [-0.25, -0.2) is 15.0 Å². The number of para-hydroxylation sites is 3. The molecule has 0 fully saturated rings. The molecule has 0 atom stereocenters. The summed E-state index contributed by atoms with van der Waals surface area (Å²) in [6.45, 7) is 0. The average Bonchev–Trinajstić information content (AvgIpc) is 3.79. The van der Waals surface area contributed by atoms with Crippen LogP contribution in [0.2, 0.25) is 0 Å². The van der Waals surface area contributed by atoms with Crippen molar-refractivity contribution in [3.8, 4) is 56.7 Å². The molecule has 0 bridgehead atoms. The molecular weight excluding hydrogens is 683 g/mol. The summed E-state index contributed by atoms with van der Waals surface area (Å²) in [6, 6.07) is 70.5. The molecule has 8 aromatic carbocycles. The van der Waals surface area contributed by atoms with E-state index < -0.39 is 0 Å². The second-order valence-corrected chi connectivity index (χ2v) is 14.1. The van der Waals surface area contributed by atoms with E-state index >= 15 is 0 Å². The minimum absolute atomic E-state index is 0.636. The first-order chi connectivity index (χ1) is 27.8. The van der Waals surface area contributed by atoms with E-state index in [2.05, 4.69) is 149 Å². The van der Waals surface area contributed by atoms with E-state index in [1.807, 2.05) is 60.7 Å². The Balaban J connectivity index is 1.12. The van der Waals surface area contributed by atoms with Gasteiger partial charge in [-0.05, 0) is 83.9 Å². The Hall–Kier alpha value is -7.63. The predicted octanol–water partition coefficient (Wildman–Crippen LogP) is 12.7. The van der Waals surface area contributed by atoms with Crippen molar-refractivity contribution in [1.82, 2.24) is 24.1 Å². The van der Waals surface area contributed by atoms with Crippen LogP contribution in [-0.4, -0.2) is 24.1 Å². The van der Waals surface area contributed by atoms with Crippen LogP contribution in [0.25, 0.3) is 100 Å². The molecule has 0 saturated carbocycles. The van der Waals surface area contributed by atoms with E-state index in [0.29, 0.717) is 17.5 Å². The summed E-state index contributed by atoms with van der Waals surface area (Å²) in [7, 11) is 0. The normalized spacial score (nSPS) is 11.6. The number of hydrogen-bond donors (Lipinski definition) is 0. The fraction of sp³-hybridized carbons (Fsp3) is 0. The van der Waals surface area contributed by atoms with Crippen LogP contribution in [0.15, 0.2) is 200 Å². The maximum atomic E-state index is 5.06. The third-order valence-corrected chi connectivity index (χ3v) is 10.8. The largest absolute Gasteiger partial charge is 0.309 e. The number of fused-ring (bicyclic) bond motifs is 6. The van der Waals surface area contributed by atoms with Crippen molar-refractivity contribution < 1.29 is 0 Å².